The number of carbonyl (C=O) groups is 1. The second-order valence-electron chi connectivity index (χ2n) is 8.36. The van der Waals surface area contributed by atoms with E-state index < -0.39 is 0 Å². The van der Waals surface area contributed by atoms with Crippen molar-refractivity contribution in [2.24, 2.45) is 0 Å². The average molecular weight is 465 g/mol. The van der Waals surface area contributed by atoms with Gasteiger partial charge in [-0.1, -0.05) is 18.7 Å². The van der Waals surface area contributed by atoms with E-state index in [0.29, 0.717) is 54.6 Å². The van der Waals surface area contributed by atoms with Crippen molar-refractivity contribution in [3.63, 3.8) is 0 Å². The summed E-state index contributed by atoms with van der Waals surface area (Å²) in [6, 6.07) is 11.8. The standard InChI is InChI=1S/C27H29FN2O4/c1-4-11-34-25-10-7-19(13-26(25)32-3)16-30(17-22-6-5-12-33-22)27(31)23-14-20-8-9-21(28)15-24(20)29-18(23)2/h4,7-10,13-15,22H,1,5-6,11-12,16-17H2,2-3H3/t22-/m1/s1. The molecular formula is C27H29FN2O4. The number of ether oxygens (including phenoxy) is 3. The van der Waals surface area contributed by atoms with Crippen LogP contribution in [-0.2, 0) is 11.3 Å². The molecule has 1 aliphatic heterocycles. The van der Waals surface area contributed by atoms with Gasteiger partial charge in [0, 0.05) is 31.1 Å². The van der Waals surface area contributed by atoms with Gasteiger partial charge < -0.3 is 19.1 Å². The lowest BCUT2D eigenvalue weighted by atomic mass is 10.1. The van der Waals surface area contributed by atoms with E-state index in [2.05, 4.69) is 11.6 Å². The zero-order valence-corrected chi connectivity index (χ0v) is 19.6. The van der Waals surface area contributed by atoms with E-state index >= 15 is 0 Å². The first kappa shape index (κ1) is 23.7. The molecule has 2 heterocycles. The predicted octanol–water partition coefficient (Wildman–Crippen LogP) is 5.08. The monoisotopic (exact) mass is 464 g/mol. The van der Waals surface area contributed by atoms with Gasteiger partial charge in [0.1, 0.15) is 12.4 Å². The zero-order valence-electron chi connectivity index (χ0n) is 19.6. The Kier molecular flexibility index (Phi) is 7.43. The van der Waals surface area contributed by atoms with Crippen molar-refractivity contribution >= 4 is 16.8 Å². The Morgan fingerprint density at radius 1 is 1.26 bits per heavy atom. The number of amides is 1. The molecule has 0 unspecified atom stereocenters. The Morgan fingerprint density at radius 2 is 2.12 bits per heavy atom. The molecule has 1 fully saturated rings. The maximum Gasteiger partial charge on any atom is 0.256 e. The maximum absolute atomic E-state index is 13.7. The minimum Gasteiger partial charge on any atom is -0.493 e. The number of benzene rings is 2. The lowest BCUT2D eigenvalue weighted by Gasteiger charge is -2.26. The molecule has 2 aromatic carbocycles. The lowest BCUT2D eigenvalue weighted by molar-refractivity contribution is 0.0506. The van der Waals surface area contributed by atoms with Crippen LogP contribution in [0.1, 0.15) is 34.5 Å². The van der Waals surface area contributed by atoms with Crippen LogP contribution in [0.25, 0.3) is 10.9 Å². The first-order chi connectivity index (χ1) is 16.5. The van der Waals surface area contributed by atoms with E-state index in [4.69, 9.17) is 14.2 Å². The number of aromatic nitrogens is 1. The minimum absolute atomic E-state index is 0.0103. The van der Waals surface area contributed by atoms with Gasteiger partial charge in [-0.05, 0) is 55.7 Å². The summed E-state index contributed by atoms with van der Waals surface area (Å²) >= 11 is 0. The van der Waals surface area contributed by atoms with Crippen LogP contribution in [0, 0.1) is 12.7 Å². The highest BCUT2D eigenvalue weighted by molar-refractivity contribution is 5.98. The van der Waals surface area contributed by atoms with Gasteiger partial charge in [0.15, 0.2) is 11.5 Å². The van der Waals surface area contributed by atoms with Crippen molar-refractivity contribution in [3.05, 3.63) is 77.8 Å². The number of hydrogen-bond acceptors (Lipinski definition) is 5. The number of halogens is 1. The van der Waals surface area contributed by atoms with E-state index in [1.807, 2.05) is 18.2 Å². The number of nitrogens with zero attached hydrogens (tertiary/aromatic N) is 2. The molecule has 0 spiro atoms. The summed E-state index contributed by atoms with van der Waals surface area (Å²) in [5, 5.41) is 0.720. The molecule has 1 amide bonds. The van der Waals surface area contributed by atoms with Gasteiger partial charge in [0.05, 0.1) is 30.0 Å². The van der Waals surface area contributed by atoms with Crippen LogP contribution in [0.5, 0.6) is 11.5 Å². The molecule has 0 aliphatic carbocycles. The first-order valence-corrected chi connectivity index (χ1v) is 11.4. The molecule has 0 radical (unpaired) electrons. The third kappa shape index (κ3) is 5.37. The molecule has 0 bridgehead atoms. The van der Waals surface area contributed by atoms with E-state index in [0.717, 1.165) is 23.8 Å². The summed E-state index contributed by atoms with van der Waals surface area (Å²) in [7, 11) is 1.59. The Morgan fingerprint density at radius 3 is 2.85 bits per heavy atom. The van der Waals surface area contributed by atoms with E-state index in [-0.39, 0.29) is 17.8 Å². The quantitative estimate of drug-likeness (QED) is 0.414. The number of fused-ring (bicyclic) bond motifs is 1. The fourth-order valence-corrected chi connectivity index (χ4v) is 4.18. The fourth-order valence-electron chi connectivity index (χ4n) is 4.18. The summed E-state index contributed by atoms with van der Waals surface area (Å²) in [5.74, 6) is 0.713. The maximum atomic E-state index is 13.7. The molecule has 1 saturated heterocycles. The third-order valence-electron chi connectivity index (χ3n) is 5.89. The largest absolute Gasteiger partial charge is 0.493 e. The summed E-state index contributed by atoms with van der Waals surface area (Å²) in [4.78, 5) is 20.0. The van der Waals surface area contributed by atoms with Gasteiger partial charge in [0.25, 0.3) is 5.91 Å². The highest BCUT2D eigenvalue weighted by Crippen LogP contribution is 2.29. The highest BCUT2D eigenvalue weighted by Gasteiger charge is 2.25. The van der Waals surface area contributed by atoms with Crippen LogP contribution in [0.3, 0.4) is 0 Å². The van der Waals surface area contributed by atoms with Gasteiger partial charge in [-0.3, -0.25) is 9.78 Å². The number of hydrogen-bond donors (Lipinski definition) is 0. The molecule has 178 valence electrons. The van der Waals surface area contributed by atoms with Crippen molar-refractivity contribution in [1.82, 2.24) is 9.88 Å². The second kappa shape index (κ2) is 10.7. The van der Waals surface area contributed by atoms with E-state index in [1.165, 1.54) is 12.1 Å². The van der Waals surface area contributed by atoms with Crippen LogP contribution in [0.4, 0.5) is 4.39 Å². The Labute approximate surface area is 199 Å². The van der Waals surface area contributed by atoms with Gasteiger partial charge in [-0.15, -0.1) is 0 Å². The van der Waals surface area contributed by atoms with Crippen LogP contribution in [-0.4, -0.2) is 48.8 Å². The predicted molar refractivity (Wildman–Crippen MR) is 129 cm³/mol. The van der Waals surface area contributed by atoms with Gasteiger partial charge in [0.2, 0.25) is 0 Å². The van der Waals surface area contributed by atoms with E-state index in [1.54, 1.807) is 37.1 Å². The number of aryl methyl sites for hydroxylation is 1. The second-order valence-corrected chi connectivity index (χ2v) is 8.36. The van der Waals surface area contributed by atoms with Crippen molar-refractivity contribution in [3.8, 4) is 11.5 Å². The van der Waals surface area contributed by atoms with E-state index in [9.17, 15) is 9.18 Å². The molecular weight excluding hydrogens is 435 g/mol. The summed E-state index contributed by atoms with van der Waals surface area (Å²) in [6.45, 7) is 7.36. The van der Waals surface area contributed by atoms with Crippen LogP contribution in [0.2, 0.25) is 0 Å². The summed E-state index contributed by atoms with van der Waals surface area (Å²) in [6.07, 6.45) is 3.56. The van der Waals surface area contributed by atoms with Crippen molar-refractivity contribution in [2.75, 3.05) is 26.9 Å². The molecule has 1 aliphatic rings. The molecule has 0 N–H and O–H groups in total. The van der Waals surface area contributed by atoms with Crippen LogP contribution in [0.15, 0.2) is 55.1 Å². The normalized spacial score (nSPS) is 15.3. The number of pyridine rings is 1. The van der Waals surface area contributed by atoms with Gasteiger partial charge >= 0.3 is 0 Å². The van der Waals surface area contributed by atoms with Crippen molar-refractivity contribution < 1.29 is 23.4 Å². The summed E-state index contributed by atoms with van der Waals surface area (Å²) < 4.78 is 30.6. The Bertz CT molecular complexity index is 1190. The topological polar surface area (TPSA) is 60.9 Å². The fraction of sp³-hybridized carbons (Fsp3) is 0.333. The highest BCUT2D eigenvalue weighted by atomic mass is 19.1. The Hall–Kier alpha value is -3.45. The number of carbonyl (C=O) groups excluding carboxylic acids is 1. The molecule has 34 heavy (non-hydrogen) atoms. The molecule has 1 atom stereocenters. The molecule has 4 rings (SSSR count). The van der Waals surface area contributed by atoms with Crippen molar-refractivity contribution in [1.29, 1.82) is 0 Å². The Balaban J connectivity index is 1.64. The average Bonchev–Trinajstić information content (AvgIpc) is 3.35. The first-order valence-electron chi connectivity index (χ1n) is 11.4. The van der Waals surface area contributed by atoms with Gasteiger partial charge in [-0.2, -0.15) is 0 Å². The van der Waals surface area contributed by atoms with Crippen LogP contribution < -0.4 is 9.47 Å². The molecule has 7 heteroatoms. The lowest BCUT2D eigenvalue weighted by Crippen LogP contribution is -2.37. The smallest absolute Gasteiger partial charge is 0.256 e. The zero-order chi connectivity index (χ0) is 24.1. The molecule has 0 saturated carbocycles. The third-order valence-corrected chi connectivity index (χ3v) is 5.89. The van der Waals surface area contributed by atoms with Crippen molar-refractivity contribution in [2.45, 2.75) is 32.4 Å². The molecule has 6 nitrogen and oxygen atoms in total. The van der Waals surface area contributed by atoms with Gasteiger partial charge in [-0.25, -0.2) is 4.39 Å². The number of methoxy groups -OCH3 is 1. The minimum atomic E-state index is -0.354. The molecule has 3 aromatic rings. The number of rotatable bonds is 9. The van der Waals surface area contributed by atoms with Crippen LogP contribution >= 0.6 is 0 Å². The summed E-state index contributed by atoms with van der Waals surface area (Å²) in [5.41, 5.74) is 2.49. The molecule has 1 aromatic heterocycles. The SMILES string of the molecule is C=CCOc1ccc(CN(C[C@H]2CCCO2)C(=O)c2cc3ccc(F)cc3nc2C)cc1OC.